The number of rotatable bonds is 8. The minimum atomic E-state index is -0.949. The second-order valence-corrected chi connectivity index (χ2v) is 9.92. The van der Waals surface area contributed by atoms with Crippen LogP contribution in [0.2, 0.25) is 0 Å². The quantitative estimate of drug-likeness (QED) is 0.408. The number of piperidine rings is 1. The summed E-state index contributed by atoms with van der Waals surface area (Å²) in [5.41, 5.74) is 6.70. The summed E-state index contributed by atoms with van der Waals surface area (Å²) in [6, 6.07) is 7.21. The summed E-state index contributed by atoms with van der Waals surface area (Å²) < 4.78 is 1.64. The molecule has 190 valence electrons. The summed E-state index contributed by atoms with van der Waals surface area (Å²) in [5.74, 6) is 0.416. The van der Waals surface area contributed by atoms with Crippen LogP contribution in [-0.2, 0) is 12.6 Å². The largest absolute Gasteiger partial charge is 0.386 e. The van der Waals surface area contributed by atoms with Gasteiger partial charge in [-0.15, -0.1) is 0 Å². The zero-order valence-electron chi connectivity index (χ0n) is 21.1. The van der Waals surface area contributed by atoms with Crippen molar-refractivity contribution in [3.05, 3.63) is 59.7 Å². The third-order valence-corrected chi connectivity index (χ3v) is 6.76. The number of aliphatic hydroxyl groups is 1. The number of aryl methyl sites for hydroxylation is 1. The SMILES string of the molecule is C[C@@H]1[C@H](CC(=O)c2ccc(C(C)(C)O)cc2)CCCN1c1cnc(C(N)=O)c(Nc2cnn(C)c2)n1. The van der Waals surface area contributed by atoms with Crippen molar-refractivity contribution in [1.29, 1.82) is 0 Å². The van der Waals surface area contributed by atoms with Crippen LogP contribution in [0.5, 0.6) is 0 Å². The third-order valence-electron chi connectivity index (χ3n) is 6.76. The Morgan fingerprint density at radius 1 is 1.22 bits per heavy atom. The van der Waals surface area contributed by atoms with Crippen LogP contribution < -0.4 is 16.0 Å². The molecule has 1 aromatic carbocycles. The Morgan fingerprint density at radius 3 is 2.56 bits per heavy atom. The number of benzene rings is 1. The monoisotopic (exact) mass is 491 g/mol. The van der Waals surface area contributed by atoms with Crippen LogP contribution in [0.25, 0.3) is 0 Å². The fourth-order valence-corrected chi connectivity index (χ4v) is 4.65. The number of nitrogens with zero attached hydrogens (tertiary/aromatic N) is 5. The summed E-state index contributed by atoms with van der Waals surface area (Å²) in [7, 11) is 1.79. The van der Waals surface area contributed by atoms with Gasteiger partial charge in [0.05, 0.1) is 23.7 Å². The molecule has 1 aliphatic rings. The first-order valence-electron chi connectivity index (χ1n) is 12.1. The van der Waals surface area contributed by atoms with Crippen molar-refractivity contribution in [2.45, 2.75) is 51.7 Å². The van der Waals surface area contributed by atoms with Gasteiger partial charge in [-0.05, 0) is 45.1 Å². The summed E-state index contributed by atoms with van der Waals surface area (Å²) in [6.45, 7) is 6.30. The van der Waals surface area contributed by atoms with E-state index >= 15 is 0 Å². The van der Waals surface area contributed by atoms with E-state index in [0.29, 0.717) is 23.5 Å². The molecule has 4 N–H and O–H groups in total. The number of nitrogens with one attached hydrogen (secondary N) is 1. The number of aromatic nitrogens is 4. The van der Waals surface area contributed by atoms with E-state index in [9.17, 15) is 14.7 Å². The molecule has 3 heterocycles. The van der Waals surface area contributed by atoms with E-state index in [1.165, 1.54) is 0 Å². The predicted octanol–water partition coefficient (Wildman–Crippen LogP) is 3.16. The van der Waals surface area contributed by atoms with Gasteiger partial charge in [0.15, 0.2) is 17.3 Å². The first kappa shape index (κ1) is 25.3. The molecule has 3 aromatic rings. The number of hydrogen-bond acceptors (Lipinski definition) is 8. The second-order valence-electron chi connectivity index (χ2n) is 9.92. The Hall–Kier alpha value is -3.79. The Balaban J connectivity index is 1.51. The van der Waals surface area contributed by atoms with Gasteiger partial charge in [-0.2, -0.15) is 5.10 Å². The lowest BCUT2D eigenvalue weighted by Crippen LogP contribution is -2.44. The van der Waals surface area contributed by atoms with Crippen molar-refractivity contribution in [2.75, 3.05) is 16.8 Å². The zero-order chi connectivity index (χ0) is 26.0. The minimum absolute atomic E-state index is 0.0401. The van der Waals surface area contributed by atoms with Crippen molar-refractivity contribution in [3.63, 3.8) is 0 Å². The van der Waals surface area contributed by atoms with Crippen LogP contribution in [0.1, 0.15) is 66.4 Å². The maximum Gasteiger partial charge on any atom is 0.271 e. The molecule has 0 unspecified atom stereocenters. The molecule has 10 heteroatoms. The van der Waals surface area contributed by atoms with Crippen LogP contribution >= 0.6 is 0 Å². The van der Waals surface area contributed by atoms with Crippen molar-refractivity contribution in [3.8, 4) is 0 Å². The maximum absolute atomic E-state index is 13.1. The van der Waals surface area contributed by atoms with E-state index in [-0.39, 0.29) is 29.3 Å². The van der Waals surface area contributed by atoms with Gasteiger partial charge in [0.2, 0.25) is 0 Å². The highest BCUT2D eigenvalue weighted by atomic mass is 16.3. The summed E-state index contributed by atoms with van der Waals surface area (Å²) in [6.07, 6.45) is 7.19. The van der Waals surface area contributed by atoms with Gasteiger partial charge in [0, 0.05) is 37.8 Å². The molecule has 2 aromatic heterocycles. The fraction of sp³-hybridized carbons (Fsp3) is 0.423. The van der Waals surface area contributed by atoms with E-state index in [0.717, 1.165) is 24.9 Å². The molecule has 2 atom stereocenters. The van der Waals surface area contributed by atoms with E-state index in [1.807, 2.05) is 0 Å². The number of primary amides is 1. The lowest BCUT2D eigenvalue weighted by Gasteiger charge is -2.40. The van der Waals surface area contributed by atoms with Crippen LogP contribution in [-0.4, -0.2) is 49.1 Å². The number of hydrogen-bond donors (Lipinski definition) is 3. The Kier molecular flexibility index (Phi) is 7.07. The molecule has 0 radical (unpaired) electrons. The Bertz CT molecular complexity index is 1250. The van der Waals surface area contributed by atoms with Crippen molar-refractivity contribution in [2.24, 2.45) is 18.7 Å². The lowest BCUT2D eigenvalue weighted by molar-refractivity contribution is 0.0784. The number of nitrogens with two attached hydrogens (primary N) is 1. The minimum Gasteiger partial charge on any atom is -0.386 e. The maximum atomic E-state index is 13.1. The van der Waals surface area contributed by atoms with Gasteiger partial charge >= 0.3 is 0 Å². The topological polar surface area (TPSA) is 139 Å². The summed E-state index contributed by atoms with van der Waals surface area (Å²) >= 11 is 0. The number of anilines is 3. The number of carbonyl (C=O) groups is 2. The molecule has 1 fully saturated rings. The standard InChI is InChI=1S/C26H33N7O3/c1-16-18(12-21(34)17-7-9-19(10-8-17)26(2,3)36)6-5-11-33(16)22-14-28-23(24(27)35)25(31-22)30-20-13-29-32(4)15-20/h7-10,13-16,18,36H,5-6,11-12H2,1-4H3,(H2,27,35)(H,30,31)/t16-,18+/m1/s1. The molecule has 0 aliphatic carbocycles. The molecule has 36 heavy (non-hydrogen) atoms. The molecule has 1 aliphatic heterocycles. The smallest absolute Gasteiger partial charge is 0.271 e. The molecule has 0 spiro atoms. The van der Waals surface area contributed by atoms with Crippen LogP contribution in [0.4, 0.5) is 17.3 Å². The number of carbonyl (C=O) groups excluding carboxylic acids is 2. The summed E-state index contributed by atoms with van der Waals surface area (Å²) in [4.78, 5) is 36.1. The highest BCUT2D eigenvalue weighted by molar-refractivity contribution is 5.97. The molecular weight excluding hydrogens is 458 g/mol. The summed E-state index contributed by atoms with van der Waals surface area (Å²) in [5, 5.41) is 17.4. The molecule has 4 rings (SSSR count). The molecular formula is C26H33N7O3. The molecule has 10 nitrogen and oxygen atoms in total. The van der Waals surface area contributed by atoms with Crippen molar-refractivity contribution >= 4 is 29.0 Å². The Labute approximate surface area is 210 Å². The number of amides is 1. The van der Waals surface area contributed by atoms with E-state index < -0.39 is 11.5 Å². The molecule has 0 saturated carbocycles. The van der Waals surface area contributed by atoms with Gasteiger partial charge in [0.1, 0.15) is 5.82 Å². The predicted molar refractivity (Wildman–Crippen MR) is 137 cm³/mol. The normalized spacial score (nSPS) is 18.2. The first-order valence-corrected chi connectivity index (χ1v) is 12.1. The average molecular weight is 492 g/mol. The van der Waals surface area contributed by atoms with E-state index in [2.05, 4.69) is 32.2 Å². The van der Waals surface area contributed by atoms with Crippen LogP contribution in [0, 0.1) is 5.92 Å². The van der Waals surface area contributed by atoms with Crippen LogP contribution in [0.15, 0.2) is 42.9 Å². The van der Waals surface area contributed by atoms with Gasteiger partial charge in [-0.3, -0.25) is 14.3 Å². The molecule has 1 saturated heterocycles. The first-order chi connectivity index (χ1) is 17.0. The van der Waals surface area contributed by atoms with Crippen LogP contribution in [0.3, 0.4) is 0 Å². The lowest BCUT2D eigenvalue weighted by atomic mass is 9.84. The van der Waals surface area contributed by atoms with E-state index in [4.69, 9.17) is 5.73 Å². The molecule has 0 bridgehead atoms. The highest BCUT2D eigenvalue weighted by Gasteiger charge is 2.31. The van der Waals surface area contributed by atoms with Crippen molar-refractivity contribution < 1.29 is 14.7 Å². The average Bonchev–Trinajstić information content (AvgIpc) is 3.24. The highest BCUT2D eigenvalue weighted by Crippen LogP contribution is 2.32. The zero-order valence-corrected chi connectivity index (χ0v) is 21.1. The molecule has 1 amide bonds. The fourth-order valence-electron chi connectivity index (χ4n) is 4.65. The Morgan fingerprint density at radius 2 is 1.94 bits per heavy atom. The van der Waals surface area contributed by atoms with Gasteiger partial charge in [0.25, 0.3) is 5.91 Å². The van der Waals surface area contributed by atoms with E-state index in [1.54, 1.807) is 68.4 Å². The second kappa shape index (κ2) is 10.1. The van der Waals surface area contributed by atoms with Gasteiger partial charge < -0.3 is 21.1 Å². The third kappa shape index (κ3) is 5.54. The van der Waals surface area contributed by atoms with Gasteiger partial charge in [-0.1, -0.05) is 24.3 Å². The van der Waals surface area contributed by atoms with Gasteiger partial charge in [-0.25, -0.2) is 9.97 Å². The number of ketones is 1. The number of Topliss-reactive ketones (excluding diaryl/α,β-unsaturated/α-hetero) is 1. The van der Waals surface area contributed by atoms with Crippen molar-refractivity contribution in [1.82, 2.24) is 19.7 Å².